The van der Waals surface area contributed by atoms with Gasteiger partial charge in [-0.2, -0.15) is 0 Å². The van der Waals surface area contributed by atoms with Crippen LogP contribution in [-0.4, -0.2) is 23.9 Å². The average Bonchev–Trinajstić information content (AvgIpc) is 2.99. The van der Waals surface area contributed by atoms with Gasteiger partial charge >= 0.3 is 0 Å². The number of nitrogens with zero attached hydrogens (tertiary/aromatic N) is 2. The molecular weight excluding hydrogens is 454 g/mol. The van der Waals surface area contributed by atoms with Crippen LogP contribution in [0.5, 0.6) is 0 Å². The minimum atomic E-state index is -3.95. The molecule has 3 rings (SSSR count). The summed E-state index contributed by atoms with van der Waals surface area (Å²) in [6, 6.07) is 13.1. The number of hydrogen-bond donors (Lipinski definition) is 1. The minimum absolute atomic E-state index is 0.0135. The van der Waals surface area contributed by atoms with Crippen molar-refractivity contribution in [1.82, 2.24) is 14.3 Å². The van der Waals surface area contributed by atoms with E-state index in [0.29, 0.717) is 17.4 Å². The Kier molecular flexibility index (Phi) is 5.69. The van der Waals surface area contributed by atoms with Crippen molar-refractivity contribution in [2.75, 3.05) is 0 Å². The first-order chi connectivity index (χ1) is 12.8. The van der Waals surface area contributed by atoms with Gasteiger partial charge in [0.1, 0.15) is 11.5 Å². The van der Waals surface area contributed by atoms with E-state index >= 15 is 0 Å². The van der Waals surface area contributed by atoms with Gasteiger partial charge in [-0.05, 0) is 36.8 Å². The molecular formula is C18H15BrClN3O3S. The highest BCUT2D eigenvalue weighted by atomic mass is 79.9. The molecule has 0 fully saturated rings. The Labute approximate surface area is 170 Å². The van der Waals surface area contributed by atoms with Gasteiger partial charge in [0.25, 0.3) is 15.9 Å². The van der Waals surface area contributed by atoms with Gasteiger partial charge in [0.2, 0.25) is 0 Å². The first-order valence-electron chi connectivity index (χ1n) is 7.86. The van der Waals surface area contributed by atoms with Crippen molar-refractivity contribution in [3.05, 3.63) is 81.3 Å². The zero-order chi connectivity index (χ0) is 19.6. The average molecular weight is 469 g/mol. The fourth-order valence-electron chi connectivity index (χ4n) is 2.44. The number of aromatic nitrogens is 2. The number of sulfonamides is 1. The number of carbonyl (C=O) groups is 1. The third kappa shape index (κ3) is 4.58. The van der Waals surface area contributed by atoms with Gasteiger partial charge in [-0.25, -0.2) is 18.1 Å². The molecule has 3 aromatic rings. The standard InChI is InChI=1S/C18H15BrClN3O3S/c1-12-21-17(11-23(12)10-13-7-8-14(20)9-16(13)19)18(24)22-27(25,26)15-5-3-2-4-6-15/h2-9,11H,10H2,1H3,(H,22,24). The zero-order valence-corrected chi connectivity index (χ0v) is 17.3. The Morgan fingerprint density at radius 2 is 1.93 bits per heavy atom. The molecule has 0 aliphatic heterocycles. The molecule has 0 aliphatic rings. The maximum absolute atomic E-state index is 12.4. The van der Waals surface area contributed by atoms with Crippen LogP contribution in [0.2, 0.25) is 5.02 Å². The summed E-state index contributed by atoms with van der Waals surface area (Å²) >= 11 is 9.40. The molecule has 6 nitrogen and oxygen atoms in total. The van der Waals surface area contributed by atoms with Crippen LogP contribution in [0.25, 0.3) is 0 Å². The lowest BCUT2D eigenvalue weighted by Crippen LogP contribution is -2.30. The fraction of sp³-hybridized carbons (Fsp3) is 0.111. The van der Waals surface area contributed by atoms with E-state index in [1.165, 1.54) is 18.3 Å². The van der Waals surface area contributed by atoms with E-state index in [1.54, 1.807) is 41.8 Å². The summed E-state index contributed by atoms with van der Waals surface area (Å²) in [6.07, 6.45) is 1.52. The van der Waals surface area contributed by atoms with Crippen molar-refractivity contribution in [2.45, 2.75) is 18.4 Å². The smallest absolute Gasteiger partial charge is 0.285 e. The number of aryl methyl sites for hydroxylation is 1. The molecule has 0 saturated heterocycles. The quantitative estimate of drug-likeness (QED) is 0.618. The maximum Gasteiger partial charge on any atom is 0.285 e. The van der Waals surface area contributed by atoms with Gasteiger partial charge in [0, 0.05) is 22.2 Å². The van der Waals surface area contributed by atoms with E-state index in [9.17, 15) is 13.2 Å². The number of halogens is 2. The van der Waals surface area contributed by atoms with Crippen LogP contribution in [0.15, 0.2) is 64.1 Å². The van der Waals surface area contributed by atoms with Gasteiger partial charge in [-0.15, -0.1) is 0 Å². The minimum Gasteiger partial charge on any atom is -0.330 e. The van der Waals surface area contributed by atoms with Crippen LogP contribution in [0, 0.1) is 6.92 Å². The highest BCUT2D eigenvalue weighted by Gasteiger charge is 2.21. The summed E-state index contributed by atoms with van der Waals surface area (Å²) in [6.45, 7) is 2.20. The van der Waals surface area contributed by atoms with Gasteiger partial charge in [-0.3, -0.25) is 4.79 Å². The molecule has 2 aromatic carbocycles. The number of imidazole rings is 1. The van der Waals surface area contributed by atoms with Gasteiger partial charge in [-0.1, -0.05) is 51.8 Å². The molecule has 9 heteroatoms. The van der Waals surface area contributed by atoms with Crippen molar-refractivity contribution >= 4 is 43.5 Å². The second-order valence-corrected chi connectivity index (χ2v) is 8.76. The molecule has 1 heterocycles. The van der Waals surface area contributed by atoms with E-state index in [0.717, 1.165) is 10.0 Å². The second kappa shape index (κ2) is 7.84. The summed E-state index contributed by atoms with van der Waals surface area (Å²) in [5.74, 6) is -0.199. The lowest BCUT2D eigenvalue weighted by molar-refractivity contribution is 0.0977. The van der Waals surface area contributed by atoms with E-state index < -0.39 is 15.9 Å². The molecule has 0 spiro atoms. The molecule has 140 valence electrons. The van der Waals surface area contributed by atoms with Crippen molar-refractivity contribution < 1.29 is 13.2 Å². The number of carbonyl (C=O) groups excluding carboxylic acids is 1. The predicted molar refractivity (Wildman–Crippen MR) is 106 cm³/mol. The fourth-order valence-corrected chi connectivity index (χ4v) is 4.23. The summed E-state index contributed by atoms with van der Waals surface area (Å²) in [7, 11) is -3.95. The number of benzene rings is 2. The largest absolute Gasteiger partial charge is 0.330 e. The molecule has 0 radical (unpaired) electrons. The topological polar surface area (TPSA) is 81.1 Å². The van der Waals surface area contributed by atoms with Gasteiger partial charge in [0.15, 0.2) is 0 Å². The highest BCUT2D eigenvalue weighted by Crippen LogP contribution is 2.23. The Balaban J connectivity index is 1.80. The van der Waals surface area contributed by atoms with Crippen LogP contribution < -0.4 is 4.72 Å². The van der Waals surface area contributed by atoms with Crippen molar-refractivity contribution in [2.24, 2.45) is 0 Å². The monoisotopic (exact) mass is 467 g/mol. The number of nitrogens with one attached hydrogen (secondary N) is 1. The second-order valence-electron chi connectivity index (χ2n) is 5.78. The van der Waals surface area contributed by atoms with Crippen molar-refractivity contribution in [1.29, 1.82) is 0 Å². The molecule has 0 unspecified atom stereocenters. The highest BCUT2D eigenvalue weighted by molar-refractivity contribution is 9.10. The predicted octanol–water partition coefficient (Wildman–Crippen LogP) is 3.77. The molecule has 0 bridgehead atoms. The molecule has 0 aliphatic carbocycles. The first-order valence-corrected chi connectivity index (χ1v) is 10.5. The van der Waals surface area contributed by atoms with Crippen molar-refractivity contribution in [3.63, 3.8) is 0 Å². The SMILES string of the molecule is Cc1nc(C(=O)NS(=O)(=O)c2ccccc2)cn1Cc1ccc(Cl)cc1Br. The van der Waals surface area contributed by atoms with Crippen LogP contribution in [-0.2, 0) is 16.6 Å². The van der Waals surface area contributed by atoms with Gasteiger partial charge < -0.3 is 4.57 Å². The maximum atomic E-state index is 12.4. The Hall–Kier alpha value is -2.16. The molecule has 0 saturated carbocycles. The number of rotatable bonds is 5. The normalized spacial score (nSPS) is 11.4. The van der Waals surface area contributed by atoms with Crippen LogP contribution in [0.3, 0.4) is 0 Å². The summed E-state index contributed by atoms with van der Waals surface area (Å²) in [4.78, 5) is 16.6. The summed E-state index contributed by atoms with van der Waals surface area (Å²) < 4.78 is 29.2. The van der Waals surface area contributed by atoms with Crippen LogP contribution in [0.1, 0.15) is 21.9 Å². The molecule has 0 atom stereocenters. The summed E-state index contributed by atoms with van der Waals surface area (Å²) in [5.41, 5.74) is 0.973. The summed E-state index contributed by atoms with van der Waals surface area (Å²) in [5, 5.41) is 0.610. The van der Waals surface area contributed by atoms with Crippen LogP contribution in [0.4, 0.5) is 0 Å². The number of hydrogen-bond acceptors (Lipinski definition) is 4. The van der Waals surface area contributed by atoms with E-state index in [1.807, 2.05) is 10.8 Å². The van der Waals surface area contributed by atoms with E-state index in [4.69, 9.17) is 11.6 Å². The molecule has 27 heavy (non-hydrogen) atoms. The number of amides is 1. The lowest BCUT2D eigenvalue weighted by Gasteiger charge is -2.07. The third-order valence-corrected chi connectivity index (χ3v) is 6.17. The van der Waals surface area contributed by atoms with Gasteiger partial charge in [0.05, 0.1) is 4.90 Å². The van der Waals surface area contributed by atoms with Crippen molar-refractivity contribution in [3.8, 4) is 0 Å². The Bertz CT molecular complexity index is 1100. The first kappa shape index (κ1) is 19.6. The van der Waals surface area contributed by atoms with E-state index in [-0.39, 0.29) is 10.6 Å². The third-order valence-electron chi connectivity index (χ3n) is 3.85. The van der Waals surface area contributed by atoms with Crippen LogP contribution >= 0.6 is 27.5 Å². The lowest BCUT2D eigenvalue weighted by atomic mass is 10.2. The molecule has 1 amide bonds. The Morgan fingerprint density at radius 3 is 2.59 bits per heavy atom. The Morgan fingerprint density at radius 1 is 1.22 bits per heavy atom. The zero-order valence-electron chi connectivity index (χ0n) is 14.2. The molecule has 1 aromatic heterocycles. The van der Waals surface area contributed by atoms with E-state index in [2.05, 4.69) is 20.9 Å². The molecule has 1 N–H and O–H groups in total.